The van der Waals surface area contributed by atoms with Crippen molar-refractivity contribution in [3.63, 3.8) is 0 Å². The zero-order chi connectivity index (χ0) is 18.1. The molecule has 2 heterocycles. The van der Waals surface area contributed by atoms with Gasteiger partial charge in [-0.3, -0.25) is 10.1 Å². The van der Waals surface area contributed by atoms with Crippen LogP contribution in [0, 0.1) is 6.92 Å². The summed E-state index contributed by atoms with van der Waals surface area (Å²) in [7, 11) is 0. The maximum Gasteiger partial charge on any atom is 0.321 e. The SMILES string of the molecule is Cc1cnc(NC(=O)NC2CCC(n3nc4c(cc3=O)CCC4)CC2)s1. The molecule has 1 fully saturated rings. The van der Waals surface area contributed by atoms with Crippen LogP contribution in [0.15, 0.2) is 17.1 Å². The Morgan fingerprint density at radius 2 is 2.08 bits per heavy atom. The number of carbonyl (C=O) groups is 1. The normalized spacial score (nSPS) is 22.0. The van der Waals surface area contributed by atoms with E-state index in [4.69, 9.17) is 0 Å². The third-order valence-electron chi connectivity index (χ3n) is 5.20. The molecule has 2 aliphatic rings. The molecule has 0 atom stereocenters. The average Bonchev–Trinajstić information content (AvgIpc) is 3.23. The lowest BCUT2D eigenvalue weighted by molar-refractivity contribution is 0.234. The van der Waals surface area contributed by atoms with Crippen molar-refractivity contribution in [3.8, 4) is 0 Å². The van der Waals surface area contributed by atoms with Crippen molar-refractivity contribution in [2.75, 3.05) is 5.32 Å². The topological polar surface area (TPSA) is 88.9 Å². The fourth-order valence-electron chi connectivity index (χ4n) is 3.87. The summed E-state index contributed by atoms with van der Waals surface area (Å²) in [4.78, 5) is 29.7. The molecule has 2 aliphatic carbocycles. The van der Waals surface area contributed by atoms with Crippen molar-refractivity contribution in [2.45, 2.75) is 64.0 Å². The maximum atomic E-state index is 12.4. The Bertz CT molecular complexity index is 867. The minimum atomic E-state index is -0.212. The molecule has 26 heavy (non-hydrogen) atoms. The van der Waals surface area contributed by atoms with E-state index >= 15 is 0 Å². The summed E-state index contributed by atoms with van der Waals surface area (Å²) in [6.45, 7) is 1.96. The van der Waals surface area contributed by atoms with Crippen LogP contribution in [0.1, 0.15) is 54.3 Å². The van der Waals surface area contributed by atoms with Crippen LogP contribution in [0.4, 0.5) is 9.93 Å². The Labute approximate surface area is 155 Å². The molecule has 0 saturated heterocycles. The number of anilines is 1. The first-order valence-corrected chi connectivity index (χ1v) is 10.0. The lowest BCUT2D eigenvalue weighted by atomic mass is 9.91. The molecule has 0 unspecified atom stereocenters. The van der Waals surface area contributed by atoms with Crippen molar-refractivity contribution < 1.29 is 4.79 Å². The van der Waals surface area contributed by atoms with Crippen LogP contribution in [-0.2, 0) is 12.8 Å². The Kier molecular flexibility index (Phi) is 4.76. The third-order valence-corrected chi connectivity index (χ3v) is 6.03. The first-order valence-electron chi connectivity index (χ1n) is 9.20. The first kappa shape index (κ1) is 17.2. The summed E-state index contributed by atoms with van der Waals surface area (Å²) >= 11 is 1.46. The molecule has 1 saturated carbocycles. The lowest BCUT2D eigenvalue weighted by Crippen LogP contribution is -2.41. The molecular weight excluding hydrogens is 350 g/mol. The van der Waals surface area contributed by atoms with Gasteiger partial charge in [0.2, 0.25) is 0 Å². The molecule has 2 amide bonds. The summed E-state index contributed by atoms with van der Waals surface area (Å²) in [6, 6.07) is 1.81. The van der Waals surface area contributed by atoms with Crippen LogP contribution in [0.5, 0.6) is 0 Å². The fraction of sp³-hybridized carbons (Fsp3) is 0.556. The lowest BCUT2D eigenvalue weighted by Gasteiger charge is -2.29. The average molecular weight is 373 g/mol. The van der Waals surface area contributed by atoms with Gasteiger partial charge in [-0.15, -0.1) is 11.3 Å². The number of fused-ring (bicyclic) bond motifs is 1. The van der Waals surface area contributed by atoms with Crippen molar-refractivity contribution in [2.24, 2.45) is 0 Å². The van der Waals surface area contributed by atoms with E-state index < -0.39 is 0 Å². The van der Waals surface area contributed by atoms with E-state index in [0.29, 0.717) is 5.13 Å². The van der Waals surface area contributed by atoms with E-state index in [9.17, 15) is 9.59 Å². The van der Waals surface area contributed by atoms with Gasteiger partial charge < -0.3 is 5.32 Å². The molecule has 0 radical (unpaired) electrons. The Hall–Kier alpha value is -2.22. The van der Waals surface area contributed by atoms with Gasteiger partial charge in [0.1, 0.15) is 0 Å². The largest absolute Gasteiger partial charge is 0.335 e. The number of rotatable bonds is 3. The molecule has 2 N–H and O–H groups in total. The second-order valence-electron chi connectivity index (χ2n) is 7.13. The second-order valence-corrected chi connectivity index (χ2v) is 8.37. The molecule has 0 aliphatic heterocycles. The summed E-state index contributed by atoms with van der Waals surface area (Å²) in [5.74, 6) is 0. The summed E-state index contributed by atoms with van der Waals surface area (Å²) in [5.41, 5.74) is 2.22. The standard InChI is InChI=1S/C18H23N5O2S/c1-11-10-19-18(26-11)21-17(25)20-13-5-7-14(8-6-13)23-16(24)9-12-3-2-4-15(12)22-23/h9-10,13-14H,2-8H2,1H3,(H2,19,20,21,25). The molecule has 7 nitrogen and oxygen atoms in total. The number of aromatic nitrogens is 3. The van der Waals surface area contributed by atoms with Gasteiger partial charge in [0.25, 0.3) is 5.56 Å². The van der Waals surface area contributed by atoms with Crippen LogP contribution >= 0.6 is 11.3 Å². The van der Waals surface area contributed by atoms with Gasteiger partial charge in [-0.25, -0.2) is 14.5 Å². The number of nitrogens with zero attached hydrogens (tertiary/aromatic N) is 3. The Morgan fingerprint density at radius 1 is 1.27 bits per heavy atom. The minimum Gasteiger partial charge on any atom is -0.335 e. The highest BCUT2D eigenvalue weighted by molar-refractivity contribution is 7.15. The number of amides is 2. The van der Waals surface area contributed by atoms with Crippen LogP contribution in [0.2, 0.25) is 0 Å². The van der Waals surface area contributed by atoms with Crippen molar-refractivity contribution in [1.29, 1.82) is 0 Å². The van der Waals surface area contributed by atoms with Gasteiger partial charge in [0, 0.05) is 23.2 Å². The van der Waals surface area contributed by atoms with Crippen molar-refractivity contribution >= 4 is 22.5 Å². The molecule has 2 aromatic heterocycles. The summed E-state index contributed by atoms with van der Waals surface area (Å²) in [6.07, 6.45) is 8.19. The molecule has 4 rings (SSSR count). The van der Waals surface area contributed by atoms with Crippen molar-refractivity contribution in [1.82, 2.24) is 20.1 Å². The van der Waals surface area contributed by atoms with Crippen LogP contribution in [0.3, 0.4) is 0 Å². The number of hydrogen-bond acceptors (Lipinski definition) is 5. The van der Waals surface area contributed by atoms with E-state index in [2.05, 4.69) is 20.7 Å². The number of hydrogen-bond donors (Lipinski definition) is 2. The van der Waals surface area contributed by atoms with Crippen LogP contribution in [-0.4, -0.2) is 26.8 Å². The molecule has 2 aromatic rings. The molecule has 8 heteroatoms. The highest BCUT2D eigenvalue weighted by atomic mass is 32.1. The second kappa shape index (κ2) is 7.19. The van der Waals surface area contributed by atoms with Gasteiger partial charge in [-0.05, 0) is 57.4 Å². The number of aryl methyl sites for hydroxylation is 3. The summed E-state index contributed by atoms with van der Waals surface area (Å²) < 4.78 is 1.68. The third kappa shape index (κ3) is 3.65. The van der Waals surface area contributed by atoms with Crippen molar-refractivity contribution in [3.05, 3.63) is 38.8 Å². The Balaban J connectivity index is 1.33. The van der Waals surface area contributed by atoms with E-state index in [1.54, 1.807) is 16.9 Å². The number of thiazole rings is 1. The zero-order valence-electron chi connectivity index (χ0n) is 14.8. The van der Waals surface area contributed by atoms with Gasteiger partial charge >= 0.3 is 6.03 Å². The first-order chi connectivity index (χ1) is 12.6. The monoisotopic (exact) mass is 373 g/mol. The molecular formula is C18H23N5O2S. The van der Waals surface area contributed by atoms with E-state index in [1.807, 2.05) is 6.92 Å². The van der Waals surface area contributed by atoms with Gasteiger partial charge in [0.05, 0.1) is 11.7 Å². The number of carbonyl (C=O) groups excluding carboxylic acids is 1. The quantitative estimate of drug-likeness (QED) is 0.866. The predicted molar refractivity (Wildman–Crippen MR) is 101 cm³/mol. The highest BCUT2D eigenvalue weighted by Crippen LogP contribution is 2.28. The van der Waals surface area contributed by atoms with E-state index in [-0.39, 0.29) is 23.7 Å². The summed E-state index contributed by atoms with van der Waals surface area (Å²) in [5, 5.41) is 11.0. The Morgan fingerprint density at radius 3 is 2.81 bits per heavy atom. The molecule has 0 aromatic carbocycles. The minimum absolute atomic E-state index is 0.0129. The van der Waals surface area contributed by atoms with Crippen LogP contribution < -0.4 is 16.2 Å². The fourth-order valence-corrected chi connectivity index (χ4v) is 4.53. The van der Waals surface area contributed by atoms with Gasteiger partial charge in [-0.1, -0.05) is 0 Å². The van der Waals surface area contributed by atoms with Gasteiger partial charge in [-0.2, -0.15) is 5.10 Å². The number of urea groups is 1. The number of nitrogens with one attached hydrogen (secondary N) is 2. The smallest absolute Gasteiger partial charge is 0.321 e. The molecule has 0 bridgehead atoms. The van der Waals surface area contributed by atoms with Crippen LogP contribution in [0.25, 0.3) is 0 Å². The molecule has 138 valence electrons. The molecule has 0 spiro atoms. The van der Waals surface area contributed by atoms with E-state index in [1.165, 1.54) is 11.3 Å². The van der Waals surface area contributed by atoms with Gasteiger partial charge in [0.15, 0.2) is 5.13 Å². The maximum absolute atomic E-state index is 12.4. The zero-order valence-corrected chi connectivity index (χ0v) is 15.6. The van der Waals surface area contributed by atoms with E-state index in [0.717, 1.165) is 61.1 Å². The predicted octanol–water partition coefficient (Wildman–Crippen LogP) is 2.80. The highest BCUT2D eigenvalue weighted by Gasteiger charge is 2.26.